The number of carbonyl (C=O) groups excluding carboxylic acids is 1. The Balaban J connectivity index is 2.86. The Kier molecular flexibility index (Phi) is 5.51. The van der Waals surface area contributed by atoms with Crippen molar-refractivity contribution in [3.05, 3.63) is 42.5 Å². The summed E-state index contributed by atoms with van der Waals surface area (Å²) in [6.07, 6.45) is 4.46. The Bertz CT molecular complexity index is 449. The monoisotopic (exact) mass is 248 g/mol. The third-order valence-corrected chi connectivity index (χ3v) is 2.18. The largest absolute Gasteiger partial charge is 0.493 e. The Morgan fingerprint density at radius 2 is 2.11 bits per heavy atom. The van der Waals surface area contributed by atoms with Crippen molar-refractivity contribution in [3.63, 3.8) is 0 Å². The molecule has 0 aliphatic carbocycles. The average molecular weight is 248 g/mol. The van der Waals surface area contributed by atoms with Gasteiger partial charge in [0.1, 0.15) is 6.61 Å². The molecule has 0 fully saturated rings. The molecule has 1 aromatic carbocycles. The molecule has 96 valence electrons. The predicted octanol–water partition coefficient (Wildman–Crippen LogP) is 2.45. The summed E-state index contributed by atoms with van der Waals surface area (Å²) in [4.78, 5) is 11.3. The number of rotatable bonds is 6. The van der Waals surface area contributed by atoms with Gasteiger partial charge < -0.3 is 14.2 Å². The van der Waals surface area contributed by atoms with Crippen molar-refractivity contribution < 1.29 is 19.0 Å². The molecule has 0 atom stereocenters. The molecule has 0 saturated heterocycles. The number of benzene rings is 1. The second-order valence-corrected chi connectivity index (χ2v) is 3.33. The molecule has 18 heavy (non-hydrogen) atoms. The van der Waals surface area contributed by atoms with Gasteiger partial charge in [-0.1, -0.05) is 24.8 Å². The van der Waals surface area contributed by atoms with Gasteiger partial charge in [-0.05, 0) is 12.1 Å². The van der Waals surface area contributed by atoms with Crippen LogP contribution in [-0.2, 0) is 9.53 Å². The van der Waals surface area contributed by atoms with E-state index in [0.717, 1.165) is 5.56 Å². The molecule has 0 aromatic heterocycles. The zero-order valence-electron chi connectivity index (χ0n) is 10.5. The zero-order chi connectivity index (χ0) is 13.4. The van der Waals surface area contributed by atoms with Crippen molar-refractivity contribution in [2.45, 2.75) is 0 Å². The SMILES string of the molecule is C=CCOC(=O)C=Cc1cccc(OC)c1OC. The van der Waals surface area contributed by atoms with Gasteiger partial charge in [0, 0.05) is 11.6 Å². The smallest absolute Gasteiger partial charge is 0.331 e. The molecule has 4 nitrogen and oxygen atoms in total. The van der Waals surface area contributed by atoms with Crippen LogP contribution in [0, 0.1) is 0 Å². The molecule has 1 rings (SSSR count). The van der Waals surface area contributed by atoms with Crippen molar-refractivity contribution in [3.8, 4) is 11.5 Å². The lowest BCUT2D eigenvalue weighted by atomic mass is 10.1. The minimum atomic E-state index is -0.431. The Morgan fingerprint density at radius 3 is 2.72 bits per heavy atom. The summed E-state index contributed by atoms with van der Waals surface area (Å²) in [6, 6.07) is 5.42. The van der Waals surface area contributed by atoms with Crippen LogP contribution in [0.15, 0.2) is 36.9 Å². The lowest BCUT2D eigenvalue weighted by Gasteiger charge is -2.09. The Labute approximate surface area is 106 Å². The first-order chi connectivity index (χ1) is 8.72. The van der Waals surface area contributed by atoms with Gasteiger partial charge in [0.2, 0.25) is 0 Å². The summed E-state index contributed by atoms with van der Waals surface area (Å²) in [5.74, 6) is 0.756. The van der Waals surface area contributed by atoms with E-state index in [2.05, 4.69) is 6.58 Å². The fourth-order valence-electron chi connectivity index (χ4n) is 1.39. The summed E-state index contributed by atoms with van der Waals surface area (Å²) in [5.41, 5.74) is 0.743. The van der Waals surface area contributed by atoms with Crippen molar-refractivity contribution in [1.82, 2.24) is 0 Å². The molecular formula is C14H16O4. The van der Waals surface area contributed by atoms with Crippen molar-refractivity contribution in [2.75, 3.05) is 20.8 Å². The fraction of sp³-hybridized carbons (Fsp3) is 0.214. The van der Waals surface area contributed by atoms with E-state index < -0.39 is 5.97 Å². The second-order valence-electron chi connectivity index (χ2n) is 3.33. The minimum Gasteiger partial charge on any atom is -0.493 e. The lowest BCUT2D eigenvalue weighted by Crippen LogP contribution is -1.99. The fourth-order valence-corrected chi connectivity index (χ4v) is 1.39. The molecule has 0 heterocycles. The summed E-state index contributed by atoms with van der Waals surface area (Å²) >= 11 is 0. The van der Waals surface area contributed by atoms with Crippen molar-refractivity contribution in [2.24, 2.45) is 0 Å². The average Bonchev–Trinajstić information content (AvgIpc) is 2.41. The number of hydrogen-bond acceptors (Lipinski definition) is 4. The first-order valence-corrected chi connectivity index (χ1v) is 5.39. The standard InChI is InChI=1S/C14H16O4/c1-4-10-18-13(15)9-8-11-6-5-7-12(16-2)14(11)17-3/h4-9H,1,10H2,2-3H3. The highest BCUT2D eigenvalue weighted by Crippen LogP contribution is 2.31. The van der Waals surface area contributed by atoms with Crippen LogP contribution in [0.25, 0.3) is 6.08 Å². The van der Waals surface area contributed by atoms with Crippen LogP contribution in [-0.4, -0.2) is 26.8 Å². The van der Waals surface area contributed by atoms with Crippen LogP contribution in [0.1, 0.15) is 5.56 Å². The van der Waals surface area contributed by atoms with Gasteiger partial charge in [0.15, 0.2) is 11.5 Å². The molecule has 0 unspecified atom stereocenters. The van der Waals surface area contributed by atoms with E-state index >= 15 is 0 Å². The topological polar surface area (TPSA) is 44.8 Å². The highest BCUT2D eigenvalue weighted by atomic mass is 16.5. The summed E-state index contributed by atoms with van der Waals surface area (Å²) in [5, 5.41) is 0. The van der Waals surface area contributed by atoms with Crippen LogP contribution in [0.2, 0.25) is 0 Å². The van der Waals surface area contributed by atoms with Crippen LogP contribution < -0.4 is 9.47 Å². The molecular weight excluding hydrogens is 232 g/mol. The van der Waals surface area contributed by atoms with Gasteiger partial charge in [-0.3, -0.25) is 0 Å². The highest BCUT2D eigenvalue weighted by Gasteiger charge is 2.07. The molecule has 4 heteroatoms. The van der Waals surface area contributed by atoms with E-state index in [9.17, 15) is 4.79 Å². The Morgan fingerprint density at radius 1 is 1.33 bits per heavy atom. The van der Waals surface area contributed by atoms with Crippen LogP contribution in [0.4, 0.5) is 0 Å². The molecule has 0 aliphatic heterocycles. The first kappa shape index (κ1) is 13.8. The maximum absolute atomic E-state index is 11.3. The zero-order valence-corrected chi connectivity index (χ0v) is 10.5. The number of ether oxygens (including phenoxy) is 3. The van der Waals surface area contributed by atoms with E-state index in [1.165, 1.54) is 12.2 Å². The quantitative estimate of drug-likeness (QED) is 0.440. The first-order valence-electron chi connectivity index (χ1n) is 5.39. The van der Waals surface area contributed by atoms with Gasteiger partial charge in [-0.25, -0.2) is 4.79 Å². The van der Waals surface area contributed by atoms with E-state index in [1.54, 1.807) is 26.4 Å². The summed E-state index contributed by atoms with van der Waals surface area (Å²) in [6.45, 7) is 3.66. The lowest BCUT2D eigenvalue weighted by molar-refractivity contribution is -0.136. The molecule has 0 radical (unpaired) electrons. The van der Waals surface area contributed by atoms with E-state index in [1.807, 2.05) is 12.1 Å². The molecule has 0 aliphatic rings. The molecule has 0 saturated carbocycles. The van der Waals surface area contributed by atoms with Crippen LogP contribution >= 0.6 is 0 Å². The molecule has 1 aromatic rings. The molecule has 0 bridgehead atoms. The van der Waals surface area contributed by atoms with E-state index in [4.69, 9.17) is 14.2 Å². The third kappa shape index (κ3) is 3.66. The summed E-state index contributed by atoms with van der Waals surface area (Å²) in [7, 11) is 3.11. The number of para-hydroxylation sites is 1. The highest BCUT2D eigenvalue weighted by molar-refractivity contribution is 5.87. The number of carbonyl (C=O) groups is 1. The number of methoxy groups -OCH3 is 2. The number of hydrogen-bond donors (Lipinski definition) is 0. The second kappa shape index (κ2) is 7.17. The van der Waals surface area contributed by atoms with E-state index in [-0.39, 0.29) is 6.61 Å². The summed E-state index contributed by atoms with van der Waals surface area (Å²) < 4.78 is 15.2. The number of esters is 1. The predicted molar refractivity (Wildman–Crippen MR) is 69.7 cm³/mol. The maximum Gasteiger partial charge on any atom is 0.331 e. The molecule has 0 spiro atoms. The normalized spacial score (nSPS) is 10.1. The van der Waals surface area contributed by atoms with E-state index in [0.29, 0.717) is 11.5 Å². The van der Waals surface area contributed by atoms with Gasteiger partial charge in [0.05, 0.1) is 14.2 Å². The Hall–Kier alpha value is -2.23. The maximum atomic E-state index is 11.3. The molecule has 0 N–H and O–H groups in total. The minimum absolute atomic E-state index is 0.193. The van der Waals surface area contributed by atoms with Crippen LogP contribution in [0.3, 0.4) is 0 Å². The van der Waals surface area contributed by atoms with Gasteiger partial charge >= 0.3 is 5.97 Å². The van der Waals surface area contributed by atoms with Gasteiger partial charge in [0.25, 0.3) is 0 Å². The van der Waals surface area contributed by atoms with Gasteiger partial charge in [-0.15, -0.1) is 0 Å². The van der Waals surface area contributed by atoms with Crippen molar-refractivity contribution >= 4 is 12.0 Å². The third-order valence-electron chi connectivity index (χ3n) is 2.18. The molecule has 0 amide bonds. The van der Waals surface area contributed by atoms with Crippen molar-refractivity contribution in [1.29, 1.82) is 0 Å². The van der Waals surface area contributed by atoms with Crippen LogP contribution in [0.5, 0.6) is 11.5 Å². The van der Waals surface area contributed by atoms with Gasteiger partial charge in [-0.2, -0.15) is 0 Å².